The maximum absolute atomic E-state index is 13.0. The number of halogens is 1. The quantitative estimate of drug-likeness (QED) is 0.621. The largest absolute Gasteiger partial charge is 0.481 e. The van der Waals surface area contributed by atoms with Gasteiger partial charge in [0.25, 0.3) is 0 Å². The molecule has 1 heterocycles. The maximum atomic E-state index is 13.0. The van der Waals surface area contributed by atoms with Crippen LogP contribution < -0.4 is 0 Å². The molecule has 3 nitrogen and oxygen atoms in total. The zero-order valence-electron chi connectivity index (χ0n) is 6.34. The van der Waals surface area contributed by atoms with Gasteiger partial charge in [0.15, 0.2) is 0 Å². The molecule has 0 aliphatic carbocycles. The third kappa shape index (κ3) is 1.35. The first-order valence-electron chi connectivity index (χ1n) is 3.52. The number of alkyl halides is 1. The van der Waals surface area contributed by atoms with Crippen molar-refractivity contribution >= 4 is 5.97 Å². The average Bonchev–Trinajstić information content (AvgIpc) is 1.95. The first kappa shape index (κ1) is 8.46. The minimum absolute atomic E-state index is 0.0243. The first-order valence-corrected chi connectivity index (χ1v) is 3.52. The van der Waals surface area contributed by atoms with Gasteiger partial charge in [0.05, 0.1) is 6.61 Å². The molecule has 0 aromatic heterocycles. The predicted octanol–water partition coefficient (Wildman–Crippen LogP) is 0.836. The van der Waals surface area contributed by atoms with Crippen LogP contribution in [0.15, 0.2) is 0 Å². The average molecular weight is 162 g/mol. The molecule has 2 atom stereocenters. The summed E-state index contributed by atoms with van der Waals surface area (Å²) in [6, 6.07) is 0. The monoisotopic (exact) mass is 162 g/mol. The lowest BCUT2D eigenvalue weighted by Gasteiger charge is -2.32. The molecule has 2 unspecified atom stereocenters. The van der Waals surface area contributed by atoms with E-state index in [2.05, 4.69) is 0 Å². The number of ether oxygens (including phenoxy) is 1. The van der Waals surface area contributed by atoms with Gasteiger partial charge in [0, 0.05) is 13.0 Å². The third-order valence-electron chi connectivity index (χ3n) is 2.10. The van der Waals surface area contributed by atoms with Crippen molar-refractivity contribution in [1.82, 2.24) is 0 Å². The Morgan fingerprint density at radius 1 is 1.82 bits per heavy atom. The van der Waals surface area contributed by atoms with Crippen LogP contribution in [0.4, 0.5) is 4.39 Å². The molecule has 4 heteroatoms. The van der Waals surface area contributed by atoms with E-state index < -0.39 is 17.6 Å². The number of carboxylic acids is 1. The van der Waals surface area contributed by atoms with E-state index in [9.17, 15) is 9.18 Å². The highest BCUT2D eigenvalue weighted by atomic mass is 19.1. The summed E-state index contributed by atoms with van der Waals surface area (Å²) in [5.74, 6) is -1.12. The third-order valence-corrected chi connectivity index (χ3v) is 2.10. The second kappa shape index (κ2) is 2.77. The van der Waals surface area contributed by atoms with E-state index in [4.69, 9.17) is 9.84 Å². The van der Waals surface area contributed by atoms with E-state index in [0.29, 0.717) is 6.61 Å². The summed E-state index contributed by atoms with van der Waals surface area (Å²) in [7, 11) is 0. The normalized spacial score (nSPS) is 38.5. The maximum Gasteiger partial charge on any atom is 0.314 e. The molecule has 64 valence electrons. The summed E-state index contributed by atoms with van der Waals surface area (Å²) in [6.45, 7) is 1.67. The van der Waals surface area contributed by atoms with Crippen LogP contribution in [0.5, 0.6) is 0 Å². The van der Waals surface area contributed by atoms with Gasteiger partial charge in [-0.15, -0.1) is 0 Å². The van der Waals surface area contributed by atoms with Crippen molar-refractivity contribution in [1.29, 1.82) is 0 Å². The first-order chi connectivity index (χ1) is 5.07. The lowest BCUT2D eigenvalue weighted by molar-refractivity contribution is -0.163. The molecule has 0 radical (unpaired) electrons. The minimum atomic E-state index is -1.34. The van der Waals surface area contributed by atoms with Crippen LogP contribution in [0.1, 0.15) is 13.3 Å². The van der Waals surface area contributed by atoms with Gasteiger partial charge in [-0.3, -0.25) is 4.79 Å². The zero-order chi connectivity index (χ0) is 8.48. The van der Waals surface area contributed by atoms with Crippen molar-refractivity contribution in [2.24, 2.45) is 5.41 Å². The van der Waals surface area contributed by atoms with E-state index >= 15 is 0 Å². The Morgan fingerprint density at radius 2 is 2.45 bits per heavy atom. The van der Waals surface area contributed by atoms with Gasteiger partial charge in [-0.2, -0.15) is 0 Å². The van der Waals surface area contributed by atoms with Crippen LogP contribution in [-0.2, 0) is 9.53 Å². The fourth-order valence-corrected chi connectivity index (χ4v) is 1.08. The molecule has 0 saturated carbocycles. The van der Waals surface area contributed by atoms with Gasteiger partial charge >= 0.3 is 5.97 Å². The second-order valence-electron chi connectivity index (χ2n) is 3.03. The fraction of sp³-hybridized carbons (Fsp3) is 0.857. The Kier molecular flexibility index (Phi) is 2.13. The van der Waals surface area contributed by atoms with Gasteiger partial charge in [-0.25, -0.2) is 4.39 Å². The van der Waals surface area contributed by atoms with Gasteiger partial charge < -0.3 is 9.84 Å². The number of hydrogen-bond acceptors (Lipinski definition) is 2. The number of carboxylic acid groups (broad SMARTS) is 1. The smallest absolute Gasteiger partial charge is 0.314 e. The molecular weight excluding hydrogens is 151 g/mol. The summed E-state index contributed by atoms with van der Waals surface area (Å²) in [5, 5.41) is 8.65. The number of carbonyl (C=O) groups is 1. The van der Waals surface area contributed by atoms with Crippen LogP contribution >= 0.6 is 0 Å². The van der Waals surface area contributed by atoms with Gasteiger partial charge in [0.2, 0.25) is 0 Å². The standard InChI is InChI=1S/C7H11FO3/c1-7(6(9)10)4-11-3-2-5(7)8/h5H,2-4H2,1H3,(H,9,10). The predicted molar refractivity (Wildman–Crippen MR) is 36.1 cm³/mol. The van der Waals surface area contributed by atoms with E-state index in [1.807, 2.05) is 0 Å². The van der Waals surface area contributed by atoms with Gasteiger partial charge in [0.1, 0.15) is 11.6 Å². The highest BCUT2D eigenvalue weighted by molar-refractivity contribution is 5.75. The van der Waals surface area contributed by atoms with Crippen LogP contribution in [0.2, 0.25) is 0 Å². The molecule has 0 aromatic rings. The molecule has 11 heavy (non-hydrogen) atoms. The Hall–Kier alpha value is -0.640. The topological polar surface area (TPSA) is 46.5 Å². The van der Waals surface area contributed by atoms with Crippen molar-refractivity contribution in [3.05, 3.63) is 0 Å². The van der Waals surface area contributed by atoms with E-state index in [1.54, 1.807) is 0 Å². The fourth-order valence-electron chi connectivity index (χ4n) is 1.08. The van der Waals surface area contributed by atoms with Gasteiger partial charge in [-0.05, 0) is 6.92 Å². The SMILES string of the molecule is CC1(C(=O)O)COCCC1F. The summed E-state index contributed by atoms with van der Waals surface area (Å²) < 4.78 is 17.9. The highest BCUT2D eigenvalue weighted by Gasteiger charge is 2.44. The number of rotatable bonds is 1. The molecule has 1 N–H and O–H groups in total. The summed E-state index contributed by atoms with van der Waals surface area (Å²) in [6.07, 6.45) is -1.10. The minimum Gasteiger partial charge on any atom is -0.481 e. The number of aliphatic carboxylic acids is 1. The van der Waals surface area contributed by atoms with E-state index in [-0.39, 0.29) is 13.0 Å². The van der Waals surface area contributed by atoms with Crippen LogP contribution in [0, 0.1) is 5.41 Å². The summed E-state index contributed by atoms with van der Waals surface area (Å²) in [4.78, 5) is 10.6. The van der Waals surface area contributed by atoms with Crippen molar-refractivity contribution < 1.29 is 19.0 Å². The molecule has 1 rings (SSSR count). The van der Waals surface area contributed by atoms with Crippen LogP contribution in [-0.4, -0.2) is 30.5 Å². The van der Waals surface area contributed by atoms with Crippen molar-refractivity contribution in [3.8, 4) is 0 Å². The molecule has 0 amide bonds. The van der Waals surface area contributed by atoms with Crippen LogP contribution in [0.25, 0.3) is 0 Å². The summed E-state index contributed by atoms with van der Waals surface area (Å²) >= 11 is 0. The molecule has 0 spiro atoms. The number of hydrogen-bond donors (Lipinski definition) is 1. The van der Waals surface area contributed by atoms with E-state index in [0.717, 1.165) is 0 Å². The molecule has 0 aromatic carbocycles. The lowest BCUT2D eigenvalue weighted by atomic mass is 9.83. The Bertz CT molecular complexity index is 171. The van der Waals surface area contributed by atoms with Crippen LogP contribution in [0.3, 0.4) is 0 Å². The molecule has 1 saturated heterocycles. The van der Waals surface area contributed by atoms with Crippen molar-refractivity contribution in [2.75, 3.05) is 13.2 Å². The van der Waals surface area contributed by atoms with E-state index in [1.165, 1.54) is 6.92 Å². The van der Waals surface area contributed by atoms with Crippen molar-refractivity contribution in [2.45, 2.75) is 19.5 Å². The second-order valence-corrected chi connectivity index (χ2v) is 3.03. The lowest BCUT2D eigenvalue weighted by Crippen LogP contribution is -2.45. The molecule has 1 fully saturated rings. The molecule has 0 bridgehead atoms. The van der Waals surface area contributed by atoms with Crippen molar-refractivity contribution in [3.63, 3.8) is 0 Å². The molecular formula is C7H11FO3. The Labute approximate surface area is 64.2 Å². The van der Waals surface area contributed by atoms with Gasteiger partial charge in [-0.1, -0.05) is 0 Å². The Morgan fingerprint density at radius 3 is 2.82 bits per heavy atom. The summed E-state index contributed by atoms with van der Waals surface area (Å²) in [5.41, 5.74) is -1.34. The zero-order valence-corrected chi connectivity index (χ0v) is 6.34. The molecule has 1 aliphatic rings. The molecule has 1 aliphatic heterocycles. The highest BCUT2D eigenvalue weighted by Crippen LogP contribution is 2.30. The Balaban J connectivity index is 2.72.